The summed E-state index contributed by atoms with van der Waals surface area (Å²) < 4.78 is 10.7. The molecule has 0 bridgehead atoms. The molecular weight excluding hydrogens is 404 g/mol. The molecule has 2 atom stereocenters. The van der Waals surface area contributed by atoms with Gasteiger partial charge in [-0.25, -0.2) is 4.79 Å². The molecule has 0 aromatic carbocycles. The van der Waals surface area contributed by atoms with Crippen molar-refractivity contribution in [3.63, 3.8) is 0 Å². The van der Waals surface area contributed by atoms with Crippen LogP contribution in [0.15, 0.2) is 0 Å². The average molecular weight is 445 g/mol. The van der Waals surface area contributed by atoms with E-state index in [1.807, 2.05) is 0 Å². The molecule has 0 aromatic rings. The van der Waals surface area contributed by atoms with Crippen molar-refractivity contribution in [2.24, 2.45) is 5.73 Å². The average Bonchev–Trinajstić information content (AvgIpc) is 2.58. The van der Waals surface area contributed by atoms with E-state index in [4.69, 9.17) is 27.4 Å². The zero-order valence-electron chi connectivity index (χ0n) is 19.6. The molecule has 0 spiro atoms. The maximum atomic E-state index is 12.6. The molecule has 7 nitrogen and oxygen atoms in total. The van der Waals surface area contributed by atoms with Crippen LogP contribution in [0.4, 0.5) is 0 Å². The molecule has 8 heteroatoms. The number of esters is 2. The van der Waals surface area contributed by atoms with Crippen LogP contribution in [-0.4, -0.2) is 46.0 Å². The summed E-state index contributed by atoms with van der Waals surface area (Å²) in [5.74, 6) is -1.46. The first-order chi connectivity index (χ1) is 13.7. The molecule has 0 saturated carbocycles. The van der Waals surface area contributed by atoms with Crippen LogP contribution in [0.5, 0.6) is 0 Å². The quantitative estimate of drug-likeness (QED) is 0.269. The lowest BCUT2D eigenvalue weighted by Gasteiger charge is -2.25. The minimum Gasteiger partial charge on any atom is -0.460 e. The Hall–Kier alpha value is -1.54. The molecule has 0 radical (unpaired) electrons. The van der Waals surface area contributed by atoms with E-state index < -0.39 is 41.1 Å². The number of rotatable bonds is 12. The fourth-order valence-electron chi connectivity index (χ4n) is 2.59. The normalized spacial score (nSPS) is 13.9. The zero-order valence-corrected chi connectivity index (χ0v) is 20.4. The largest absolute Gasteiger partial charge is 0.460 e. The minimum absolute atomic E-state index is 0.0410. The van der Waals surface area contributed by atoms with Crippen LogP contribution in [0.1, 0.15) is 93.4 Å². The van der Waals surface area contributed by atoms with Crippen LogP contribution >= 0.6 is 12.2 Å². The summed E-state index contributed by atoms with van der Waals surface area (Å²) in [5.41, 5.74) is 4.75. The van der Waals surface area contributed by atoms with Crippen LogP contribution in [0.3, 0.4) is 0 Å². The van der Waals surface area contributed by atoms with Gasteiger partial charge in [0.15, 0.2) is 0 Å². The summed E-state index contributed by atoms with van der Waals surface area (Å²) in [4.78, 5) is 36.9. The van der Waals surface area contributed by atoms with Crippen LogP contribution in [-0.2, 0) is 23.9 Å². The minimum atomic E-state index is -0.787. The first-order valence-electron chi connectivity index (χ1n) is 10.7. The van der Waals surface area contributed by atoms with Crippen LogP contribution in [0, 0.1) is 0 Å². The number of carbonyl (C=O) groups is 3. The number of amides is 1. The Morgan fingerprint density at radius 3 is 2.00 bits per heavy atom. The lowest BCUT2D eigenvalue weighted by molar-refractivity contribution is -0.158. The van der Waals surface area contributed by atoms with Gasteiger partial charge in [-0.15, -0.1) is 0 Å². The number of carbonyl (C=O) groups excluding carboxylic acids is 3. The lowest BCUT2D eigenvalue weighted by atomic mass is 10.0. The van der Waals surface area contributed by atoms with E-state index in [1.165, 1.54) is 0 Å². The van der Waals surface area contributed by atoms with Gasteiger partial charge in [-0.2, -0.15) is 0 Å². The second-order valence-corrected chi connectivity index (χ2v) is 9.94. The van der Waals surface area contributed by atoms with E-state index in [9.17, 15) is 14.4 Å². The Bertz CT molecular complexity index is 593. The fourth-order valence-corrected chi connectivity index (χ4v) is 2.77. The SMILES string of the molecule is CCCCCC[C@H](NC(=O)C(=S)[C@@H](N)CCC(=O)OC(C)(C)C)C(=O)OC(C)(C)C. The molecule has 0 saturated heterocycles. The van der Waals surface area contributed by atoms with Crippen molar-refractivity contribution >= 4 is 34.9 Å². The van der Waals surface area contributed by atoms with Crippen molar-refractivity contribution in [3.8, 4) is 0 Å². The number of nitrogens with one attached hydrogen (secondary N) is 1. The second kappa shape index (κ2) is 13.0. The van der Waals surface area contributed by atoms with Crippen LogP contribution in [0.25, 0.3) is 0 Å². The third-order valence-electron chi connectivity index (χ3n) is 3.98. The van der Waals surface area contributed by atoms with Crippen molar-refractivity contribution in [2.45, 2.75) is 117 Å². The molecule has 0 fully saturated rings. The van der Waals surface area contributed by atoms with Gasteiger partial charge in [0.1, 0.15) is 17.2 Å². The van der Waals surface area contributed by atoms with E-state index >= 15 is 0 Å². The predicted molar refractivity (Wildman–Crippen MR) is 122 cm³/mol. The Labute approximate surface area is 186 Å². The number of thiocarbonyl (C=S) groups is 1. The number of hydrogen-bond acceptors (Lipinski definition) is 7. The van der Waals surface area contributed by atoms with E-state index in [-0.39, 0.29) is 17.7 Å². The van der Waals surface area contributed by atoms with Gasteiger partial charge in [-0.3, -0.25) is 9.59 Å². The smallest absolute Gasteiger partial charge is 0.329 e. The van der Waals surface area contributed by atoms with E-state index in [0.717, 1.165) is 25.7 Å². The maximum Gasteiger partial charge on any atom is 0.329 e. The summed E-state index contributed by atoms with van der Waals surface area (Å²) in [5, 5.41) is 2.67. The third-order valence-corrected chi connectivity index (χ3v) is 4.47. The molecule has 174 valence electrons. The van der Waals surface area contributed by atoms with Gasteiger partial charge in [-0.05, 0) is 54.4 Å². The fraction of sp³-hybridized carbons (Fsp3) is 0.818. The van der Waals surface area contributed by atoms with E-state index in [0.29, 0.717) is 6.42 Å². The molecule has 0 aliphatic rings. The predicted octanol–water partition coefficient (Wildman–Crippen LogP) is 3.60. The van der Waals surface area contributed by atoms with Gasteiger partial charge in [0, 0.05) is 12.5 Å². The number of hydrogen-bond donors (Lipinski definition) is 2. The summed E-state index contributed by atoms with van der Waals surface area (Å²) in [6.07, 6.45) is 4.59. The molecule has 0 aliphatic heterocycles. The topological polar surface area (TPSA) is 108 Å². The van der Waals surface area contributed by atoms with Gasteiger partial charge < -0.3 is 20.5 Å². The third kappa shape index (κ3) is 13.6. The highest BCUT2D eigenvalue weighted by atomic mass is 32.1. The van der Waals surface area contributed by atoms with Crippen LogP contribution < -0.4 is 11.1 Å². The van der Waals surface area contributed by atoms with Crippen molar-refractivity contribution < 1.29 is 23.9 Å². The molecule has 0 unspecified atom stereocenters. The molecule has 3 N–H and O–H groups in total. The van der Waals surface area contributed by atoms with Gasteiger partial charge in [-0.1, -0.05) is 44.8 Å². The summed E-state index contributed by atoms with van der Waals surface area (Å²) in [7, 11) is 0. The highest BCUT2D eigenvalue weighted by molar-refractivity contribution is 7.82. The molecule has 0 aromatic heterocycles. The number of nitrogens with two attached hydrogens (primary N) is 1. The van der Waals surface area contributed by atoms with Crippen LogP contribution in [0.2, 0.25) is 0 Å². The molecule has 0 aliphatic carbocycles. The second-order valence-electron chi connectivity index (χ2n) is 9.50. The zero-order chi connectivity index (χ0) is 23.5. The lowest BCUT2D eigenvalue weighted by Crippen LogP contribution is -2.49. The monoisotopic (exact) mass is 444 g/mol. The van der Waals surface area contributed by atoms with Crippen molar-refractivity contribution in [1.29, 1.82) is 0 Å². The van der Waals surface area contributed by atoms with Gasteiger partial charge in [0.05, 0.1) is 4.86 Å². The Morgan fingerprint density at radius 1 is 0.933 bits per heavy atom. The van der Waals surface area contributed by atoms with E-state index in [2.05, 4.69) is 12.2 Å². The molecular formula is C22H40N2O5S. The van der Waals surface area contributed by atoms with Gasteiger partial charge >= 0.3 is 11.9 Å². The first kappa shape index (κ1) is 28.5. The Balaban J connectivity index is 4.86. The maximum absolute atomic E-state index is 12.6. The highest BCUT2D eigenvalue weighted by Gasteiger charge is 2.29. The molecule has 1 amide bonds. The van der Waals surface area contributed by atoms with Crippen molar-refractivity contribution in [3.05, 3.63) is 0 Å². The number of unbranched alkanes of at least 4 members (excludes halogenated alkanes) is 3. The number of ether oxygens (including phenoxy) is 2. The first-order valence-corrected chi connectivity index (χ1v) is 11.1. The standard InChI is InChI=1S/C22H40N2O5S/c1-8-9-10-11-12-16(20(27)29-22(5,6)7)24-19(26)18(30)15(23)13-14-17(25)28-21(2,3)4/h15-16H,8-14,23H2,1-7H3,(H,24,26)/t15-,16-/m0/s1. The molecule has 0 rings (SSSR count). The molecule has 30 heavy (non-hydrogen) atoms. The van der Waals surface area contributed by atoms with Gasteiger partial charge in [0.2, 0.25) is 0 Å². The summed E-state index contributed by atoms with van der Waals surface area (Å²) >= 11 is 5.19. The van der Waals surface area contributed by atoms with Crippen molar-refractivity contribution in [1.82, 2.24) is 5.32 Å². The van der Waals surface area contributed by atoms with E-state index in [1.54, 1.807) is 41.5 Å². The Kier molecular flexibility index (Phi) is 12.3. The van der Waals surface area contributed by atoms with Crippen molar-refractivity contribution in [2.75, 3.05) is 0 Å². The Morgan fingerprint density at radius 2 is 1.50 bits per heavy atom. The molecule has 0 heterocycles. The van der Waals surface area contributed by atoms with Gasteiger partial charge in [0.25, 0.3) is 5.91 Å². The summed E-state index contributed by atoms with van der Waals surface area (Å²) in [6, 6.07) is -1.57. The highest BCUT2D eigenvalue weighted by Crippen LogP contribution is 2.14. The summed E-state index contributed by atoms with van der Waals surface area (Å²) in [6.45, 7) is 12.8.